The number of aromatic nitrogens is 2. The Bertz CT molecular complexity index is 259. The van der Waals surface area contributed by atoms with Crippen molar-refractivity contribution >= 4 is 11.8 Å². The zero-order chi connectivity index (χ0) is 10.4. The van der Waals surface area contributed by atoms with Gasteiger partial charge in [-0.3, -0.25) is 0 Å². The molecule has 0 bridgehead atoms. The van der Waals surface area contributed by atoms with Gasteiger partial charge in [0.2, 0.25) is 0 Å². The summed E-state index contributed by atoms with van der Waals surface area (Å²) < 4.78 is 0. The van der Waals surface area contributed by atoms with Gasteiger partial charge in [0.25, 0.3) is 0 Å². The second kappa shape index (κ2) is 5.98. The molecule has 0 aromatic carbocycles. The molecule has 0 saturated heterocycles. The van der Waals surface area contributed by atoms with Gasteiger partial charge in [0, 0.05) is 18.1 Å². The summed E-state index contributed by atoms with van der Waals surface area (Å²) in [6, 6.07) is 0. The molecule has 0 aliphatic heterocycles. The molecule has 1 heterocycles. The first kappa shape index (κ1) is 11.5. The summed E-state index contributed by atoms with van der Waals surface area (Å²) in [6.07, 6.45) is 4.58. The smallest absolute Gasteiger partial charge is 0.187 e. The fourth-order valence-corrected chi connectivity index (χ4v) is 1.69. The molecular weight excluding hydrogens is 194 g/mol. The predicted molar refractivity (Wildman–Crippen MR) is 60.4 cm³/mol. The Kier molecular flexibility index (Phi) is 4.90. The maximum atomic E-state index is 5.44. The molecule has 2 N–H and O–H groups in total. The highest BCUT2D eigenvalue weighted by Crippen LogP contribution is 2.15. The van der Waals surface area contributed by atoms with Gasteiger partial charge >= 0.3 is 0 Å². The van der Waals surface area contributed by atoms with Crippen molar-refractivity contribution in [1.29, 1.82) is 0 Å². The van der Waals surface area contributed by atoms with E-state index in [-0.39, 0.29) is 0 Å². The van der Waals surface area contributed by atoms with Crippen molar-refractivity contribution in [2.75, 3.05) is 12.3 Å². The monoisotopic (exact) mass is 211 g/mol. The van der Waals surface area contributed by atoms with Gasteiger partial charge in [-0.05, 0) is 24.4 Å². The minimum absolute atomic E-state index is 0.655. The normalized spacial score (nSPS) is 10.9. The van der Waals surface area contributed by atoms with E-state index in [2.05, 4.69) is 23.8 Å². The quantitative estimate of drug-likeness (QED) is 0.595. The van der Waals surface area contributed by atoms with E-state index in [1.807, 2.05) is 12.4 Å². The minimum Gasteiger partial charge on any atom is -0.330 e. The van der Waals surface area contributed by atoms with Crippen LogP contribution in [0.1, 0.15) is 19.4 Å². The Balaban J connectivity index is 2.46. The van der Waals surface area contributed by atoms with E-state index in [0.717, 1.165) is 22.9 Å². The average molecular weight is 211 g/mol. The van der Waals surface area contributed by atoms with Gasteiger partial charge < -0.3 is 5.73 Å². The lowest BCUT2D eigenvalue weighted by atomic mass is 10.2. The Morgan fingerprint density at radius 1 is 1.36 bits per heavy atom. The molecule has 0 amide bonds. The molecule has 3 nitrogen and oxygen atoms in total. The SMILES string of the molecule is CC(C)CSc1ncc(CCN)cn1. The van der Waals surface area contributed by atoms with Crippen LogP contribution in [0.5, 0.6) is 0 Å². The summed E-state index contributed by atoms with van der Waals surface area (Å²) in [5.41, 5.74) is 6.55. The third kappa shape index (κ3) is 4.07. The van der Waals surface area contributed by atoms with Crippen LogP contribution in [0.3, 0.4) is 0 Å². The molecule has 1 aromatic rings. The van der Waals surface area contributed by atoms with Crippen molar-refractivity contribution in [2.24, 2.45) is 11.7 Å². The highest BCUT2D eigenvalue weighted by atomic mass is 32.2. The van der Waals surface area contributed by atoms with E-state index in [0.29, 0.717) is 12.5 Å². The molecule has 0 atom stereocenters. The fraction of sp³-hybridized carbons (Fsp3) is 0.600. The van der Waals surface area contributed by atoms with E-state index in [1.165, 1.54) is 0 Å². The van der Waals surface area contributed by atoms with Gasteiger partial charge in [0.15, 0.2) is 5.16 Å². The zero-order valence-corrected chi connectivity index (χ0v) is 9.55. The largest absolute Gasteiger partial charge is 0.330 e. The number of rotatable bonds is 5. The Morgan fingerprint density at radius 3 is 2.50 bits per heavy atom. The molecule has 78 valence electrons. The van der Waals surface area contributed by atoms with Crippen LogP contribution in [0.4, 0.5) is 0 Å². The first-order valence-corrected chi connectivity index (χ1v) is 5.84. The third-order valence-corrected chi connectivity index (χ3v) is 2.96. The standard InChI is InChI=1S/C10H17N3S/c1-8(2)7-14-10-12-5-9(3-4-11)6-13-10/h5-6,8H,3-4,7,11H2,1-2H3. The lowest BCUT2D eigenvalue weighted by Gasteiger charge is -2.03. The lowest BCUT2D eigenvalue weighted by molar-refractivity contribution is 0.747. The minimum atomic E-state index is 0.655. The van der Waals surface area contributed by atoms with Gasteiger partial charge in [0.1, 0.15) is 0 Å². The second-order valence-corrected chi connectivity index (χ2v) is 4.60. The number of hydrogen-bond donors (Lipinski definition) is 1. The molecule has 0 spiro atoms. The van der Waals surface area contributed by atoms with Gasteiger partial charge in [-0.1, -0.05) is 25.6 Å². The topological polar surface area (TPSA) is 51.8 Å². The number of nitrogens with two attached hydrogens (primary N) is 1. The van der Waals surface area contributed by atoms with E-state index < -0.39 is 0 Å². The van der Waals surface area contributed by atoms with Gasteiger partial charge in [-0.15, -0.1) is 0 Å². The van der Waals surface area contributed by atoms with Crippen LogP contribution in [-0.4, -0.2) is 22.3 Å². The van der Waals surface area contributed by atoms with E-state index in [9.17, 15) is 0 Å². The molecule has 0 unspecified atom stereocenters. The van der Waals surface area contributed by atoms with Gasteiger partial charge in [-0.25, -0.2) is 9.97 Å². The molecule has 0 aliphatic carbocycles. The molecule has 1 rings (SSSR count). The summed E-state index contributed by atoms with van der Waals surface area (Å²) in [7, 11) is 0. The summed E-state index contributed by atoms with van der Waals surface area (Å²) in [5, 5.41) is 0.861. The van der Waals surface area contributed by atoms with E-state index in [4.69, 9.17) is 5.73 Å². The van der Waals surface area contributed by atoms with Crippen molar-refractivity contribution in [2.45, 2.75) is 25.4 Å². The van der Waals surface area contributed by atoms with Crippen molar-refractivity contribution in [1.82, 2.24) is 9.97 Å². The Labute approximate surface area is 89.5 Å². The zero-order valence-electron chi connectivity index (χ0n) is 8.73. The Morgan fingerprint density at radius 2 is 2.00 bits per heavy atom. The maximum absolute atomic E-state index is 5.44. The summed E-state index contributed by atoms with van der Waals surface area (Å²) in [6.45, 7) is 5.04. The first-order chi connectivity index (χ1) is 6.72. The molecule has 14 heavy (non-hydrogen) atoms. The van der Waals surface area contributed by atoms with Crippen molar-refractivity contribution in [3.05, 3.63) is 18.0 Å². The summed E-state index contributed by atoms with van der Waals surface area (Å²) >= 11 is 1.70. The summed E-state index contributed by atoms with van der Waals surface area (Å²) in [4.78, 5) is 8.53. The van der Waals surface area contributed by atoms with Crippen molar-refractivity contribution in [3.63, 3.8) is 0 Å². The van der Waals surface area contributed by atoms with E-state index in [1.54, 1.807) is 11.8 Å². The van der Waals surface area contributed by atoms with Crippen LogP contribution in [0.2, 0.25) is 0 Å². The van der Waals surface area contributed by atoms with Gasteiger partial charge in [0.05, 0.1) is 0 Å². The van der Waals surface area contributed by atoms with Crippen LogP contribution in [0.25, 0.3) is 0 Å². The lowest BCUT2D eigenvalue weighted by Crippen LogP contribution is -2.03. The third-order valence-electron chi connectivity index (χ3n) is 1.66. The second-order valence-electron chi connectivity index (χ2n) is 3.62. The average Bonchev–Trinajstić information content (AvgIpc) is 2.17. The van der Waals surface area contributed by atoms with Crippen LogP contribution in [0, 0.1) is 5.92 Å². The number of hydrogen-bond acceptors (Lipinski definition) is 4. The highest BCUT2D eigenvalue weighted by molar-refractivity contribution is 7.99. The van der Waals surface area contributed by atoms with Crippen molar-refractivity contribution in [3.8, 4) is 0 Å². The molecular formula is C10H17N3S. The van der Waals surface area contributed by atoms with Gasteiger partial charge in [-0.2, -0.15) is 0 Å². The molecule has 0 fully saturated rings. The van der Waals surface area contributed by atoms with Crippen LogP contribution >= 0.6 is 11.8 Å². The van der Waals surface area contributed by atoms with Crippen LogP contribution < -0.4 is 5.73 Å². The molecule has 0 saturated carbocycles. The van der Waals surface area contributed by atoms with Crippen LogP contribution in [0.15, 0.2) is 17.6 Å². The van der Waals surface area contributed by atoms with E-state index >= 15 is 0 Å². The fourth-order valence-electron chi connectivity index (χ4n) is 0.954. The summed E-state index contributed by atoms with van der Waals surface area (Å²) in [5.74, 6) is 1.74. The highest BCUT2D eigenvalue weighted by Gasteiger charge is 2.00. The molecule has 0 radical (unpaired) electrons. The molecule has 1 aromatic heterocycles. The first-order valence-electron chi connectivity index (χ1n) is 4.86. The predicted octanol–water partition coefficient (Wildman–Crippen LogP) is 1.73. The molecule has 0 aliphatic rings. The van der Waals surface area contributed by atoms with Crippen molar-refractivity contribution < 1.29 is 0 Å². The Hall–Kier alpha value is -0.610. The number of thioether (sulfide) groups is 1. The molecule has 4 heteroatoms. The number of nitrogens with zero attached hydrogens (tertiary/aromatic N) is 2. The van der Waals surface area contributed by atoms with Crippen LogP contribution in [-0.2, 0) is 6.42 Å². The maximum Gasteiger partial charge on any atom is 0.187 e.